The van der Waals surface area contributed by atoms with Gasteiger partial charge in [0, 0.05) is 30.2 Å². The Labute approximate surface area is 175 Å². The van der Waals surface area contributed by atoms with Crippen molar-refractivity contribution in [3.63, 3.8) is 0 Å². The number of benzene rings is 3. The third-order valence-electron chi connectivity index (χ3n) is 4.93. The number of phenolic OH excluding ortho intramolecular Hbond substituents is 1. The van der Waals surface area contributed by atoms with Gasteiger partial charge in [-0.1, -0.05) is 48.5 Å². The smallest absolute Gasteiger partial charge is 0.248 e. The molecule has 0 aliphatic rings. The van der Waals surface area contributed by atoms with E-state index in [0.717, 1.165) is 22.4 Å². The minimum Gasteiger partial charge on any atom is -0.506 e. The minimum absolute atomic E-state index is 0.181. The zero-order chi connectivity index (χ0) is 20.9. The molecular weight excluding hydrogens is 374 g/mol. The predicted molar refractivity (Wildman–Crippen MR) is 119 cm³/mol. The molecule has 1 heterocycles. The molecule has 0 bridgehead atoms. The quantitative estimate of drug-likeness (QED) is 0.487. The highest BCUT2D eigenvalue weighted by Gasteiger charge is 2.16. The van der Waals surface area contributed by atoms with Gasteiger partial charge in [0.05, 0.1) is 5.69 Å². The second-order valence-corrected chi connectivity index (χ2v) is 6.92. The summed E-state index contributed by atoms with van der Waals surface area (Å²) in [6.45, 7) is 0.495. The van der Waals surface area contributed by atoms with Crippen molar-refractivity contribution in [1.82, 2.24) is 4.98 Å². The molecule has 5 heteroatoms. The summed E-state index contributed by atoms with van der Waals surface area (Å²) in [7, 11) is 0. The van der Waals surface area contributed by atoms with E-state index in [-0.39, 0.29) is 5.75 Å². The molecule has 0 unspecified atom stereocenters. The van der Waals surface area contributed by atoms with Gasteiger partial charge in [0.25, 0.3) is 0 Å². The maximum atomic E-state index is 11.4. The Balaban J connectivity index is 1.76. The molecule has 3 N–H and O–H groups in total. The standard InChI is InChI=1S/C25H21N3O2/c26-25(30)20-8-6-18(7-9-20)17-28(22-12-14-27-15-13-22)23-16-21(10-11-24(23)29)19-4-2-1-3-5-19/h1-16,29H,17H2,(H2,26,30). The molecule has 4 aromatic rings. The van der Waals surface area contributed by atoms with Gasteiger partial charge in [0.1, 0.15) is 5.75 Å². The fraction of sp³-hybridized carbons (Fsp3) is 0.0400. The summed E-state index contributed by atoms with van der Waals surface area (Å²) in [6, 6.07) is 26.6. The largest absolute Gasteiger partial charge is 0.506 e. The van der Waals surface area contributed by atoms with E-state index in [1.165, 1.54) is 0 Å². The summed E-state index contributed by atoms with van der Waals surface area (Å²) in [5.41, 5.74) is 10.4. The highest BCUT2D eigenvalue weighted by molar-refractivity contribution is 5.92. The van der Waals surface area contributed by atoms with Crippen LogP contribution in [0, 0.1) is 0 Å². The topological polar surface area (TPSA) is 79.5 Å². The van der Waals surface area contributed by atoms with Gasteiger partial charge in [-0.3, -0.25) is 9.78 Å². The molecule has 1 amide bonds. The van der Waals surface area contributed by atoms with Crippen molar-refractivity contribution in [2.24, 2.45) is 5.73 Å². The van der Waals surface area contributed by atoms with E-state index in [1.54, 1.807) is 30.6 Å². The average molecular weight is 395 g/mol. The molecule has 3 aromatic carbocycles. The fourth-order valence-electron chi connectivity index (χ4n) is 3.35. The predicted octanol–water partition coefficient (Wildman–Crippen LogP) is 4.89. The van der Waals surface area contributed by atoms with E-state index in [9.17, 15) is 9.90 Å². The second-order valence-electron chi connectivity index (χ2n) is 6.92. The van der Waals surface area contributed by atoms with Crippen molar-refractivity contribution in [2.45, 2.75) is 6.54 Å². The van der Waals surface area contributed by atoms with Crippen LogP contribution in [-0.4, -0.2) is 16.0 Å². The molecule has 5 nitrogen and oxygen atoms in total. The molecule has 0 radical (unpaired) electrons. The molecule has 0 saturated heterocycles. The SMILES string of the molecule is NC(=O)c1ccc(CN(c2ccncc2)c2cc(-c3ccccc3)ccc2O)cc1. The summed E-state index contributed by atoms with van der Waals surface area (Å²) in [4.78, 5) is 17.5. The van der Waals surface area contributed by atoms with Crippen molar-refractivity contribution < 1.29 is 9.90 Å². The number of amides is 1. The number of pyridine rings is 1. The lowest BCUT2D eigenvalue weighted by molar-refractivity contribution is 0.100. The molecule has 0 spiro atoms. The van der Waals surface area contributed by atoms with E-state index in [2.05, 4.69) is 4.98 Å². The number of carbonyl (C=O) groups is 1. The molecule has 30 heavy (non-hydrogen) atoms. The van der Waals surface area contributed by atoms with Crippen LogP contribution in [0.2, 0.25) is 0 Å². The molecular formula is C25H21N3O2. The van der Waals surface area contributed by atoms with Crippen LogP contribution < -0.4 is 10.6 Å². The minimum atomic E-state index is -0.458. The van der Waals surface area contributed by atoms with Crippen molar-refractivity contribution in [3.05, 3.63) is 108 Å². The van der Waals surface area contributed by atoms with Crippen molar-refractivity contribution >= 4 is 17.3 Å². The van der Waals surface area contributed by atoms with E-state index in [0.29, 0.717) is 17.8 Å². The van der Waals surface area contributed by atoms with Crippen LogP contribution in [0.25, 0.3) is 11.1 Å². The third-order valence-corrected chi connectivity index (χ3v) is 4.93. The maximum absolute atomic E-state index is 11.4. The number of primary amides is 1. The summed E-state index contributed by atoms with van der Waals surface area (Å²) < 4.78 is 0. The summed E-state index contributed by atoms with van der Waals surface area (Å²) >= 11 is 0. The maximum Gasteiger partial charge on any atom is 0.248 e. The number of phenols is 1. The Morgan fingerprint density at radius 2 is 1.57 bits per heavy atom. The van der Waals surface area contributed by atoms with Crippen LogP contribution in [0.1, 0.15) is 15.9 Å². The van der Waals surface area contributed by atoms with Crippen LogP contribution in [0.4, 0.5) is 11.4 Å². The number of hydrogen-bond acceptors (Lipinski definition) is 4. The highest BCUT2D eigenvalue weighted by atomic mass is 16.3. The number of anilines is 2. The molecule has 0 aliphatic heterocycles. The van der Waals surface area contributed by atoms with Gasteiger partial charge in [-0.05, 0) is 53.1 Å². The lowest BCUT2D eigenvalue weighted by atomic mass is 10.0. The van der Waals surface area contributed by atoms with E-state index < -0.39 is 5.91 Å². The van der Waals surface area contributed by atoms with Crippen LogP contribution >= 0.6 is 0 Å². The lowest BCUT2D eigenvalue weighted by Crippen LogP contribution is -2.17. The Hall–Kier alpha value is -4.12. The van der Waals surface area contributed by atoms with Gasteiger partial charge in [-0.2, -0.15) is 0 Å². The van der Waals surface area contributed by atoms with Gasteiger partial charge in [0.2, 0.25) is 5.91 Å². The van der Waals surface area contributed by atoms with Crippen molar-refractivity contribution in [3.8, 4) is 16.9 Å². The Morgan fingerprint density at radius 1 is 0.867 bits per heavy atom. The Morgan fingerprint density at radius 3 is 2.23 bits per heavy atom. The number of hydrogen-bond donors (Lipinski definition) is 2. The second kappa shape index (κ2) is 8.49. The summed E-state index contributed by atoms with van der Waals surface area (Å²) in [5, 5.41) is 10.7. The average Bonchev–Trinajstić information content (AvgIpc) is 2.79. The number of carbonyl (C=O) groups excluding carboxylic acids is 1. The number of rotatable bonds is 6. The van der Waals surface area contributed by atoms with Crippen LogP contribution in [0.3, 0.4) is 0 Å². The molecule has 4 rings (SSSR count). The number of aromatic hydroxyl groups is 1. The fourth-order valence-corrected chi connectivity index (χ4v) is 3.35. The Bertz CT molecular complexity index is 1140. The van der Waals surface area contributed by atoms with E-state index >= 15 is 0 Å². The monoisotopic (exact) mass is 395 g/mol. The first kappa shape index (κ1) is 19.2. The number of aromatic nitrogens is 1. The van der Waals surface area contributed by atoms with E-state index in [4.69, 9.17) is 5.73 Å². The highest BCUT2D eigenvalue weighted by Crippen LogP contribution is 2.37. The molecule has 1 aromatic heterocycles. The summed E-state index contributed by atoms with van der Waals surface area (Å²) in [6.07, 6.45) is 3.44. The van der Waals surface area contributed by atoms with Crippen LogP contribution in [0.15, 0.2) is 97.3 Å². The molecule has 148 valence electrons. The zero-order valence-electron chi connectivity index (χ0n) is 16.3. The molecule has 0 saturated carbocycles. The zero-order valence-corrected chi connectivity index (χ0v) is 16.3. The van der Waals surface area contributed by atoms with E-state index in [1.807, 2.05) is 71.6 Å². The van der Waals surface area contributed by atoms with Crippen LogP contribution in [-0.2, 0) is 6.54 Å². The van der Waals surface area contributed by atoms with Crippen molar-refractivity contribution in [2.75, 3.05) is 4.90 Å². The van der Waals surface area contributed by atoms with Gasteiger partial charge in [-0.25, -0.2) is 0 Å². The Kier molecular flexibility index (Phi) is 5.44. The number of nitrogens with two attached hydrogens (primary N) is 1. The summed E-state index contributed by atoms with van der Waals surface area (Å²) in [5.74, 6) is -0.277. The normalized spacial score (nSPS) is 10.5. The first-order valence-corrected chi connectivity index (χ1v) is 9.56. The molecule has 0 aliphatic carbocycles. The van der Waals surface area contributed by atoms with Gasteiger partial charge < -0.3 is 15.7 Å². The third kappa shape index (κ3) is 4.15. The number of nitrogens with zero attached hydrogens (tertiary/aromatic N) is 2. The first-order chi connectivity index (χ1) is 14.6. The van der Waals surface area contributed by atoms with Crippen LogP contribution in [0.5, 0.6) is 5.75 Å². The van der Waals surface area contributed by atoms with Gasteiger partial charge in [0.15, 0.2) is 0 Å². The lowest BCUT2D eigenvalue weighted by Gasteiger charge is -2.26. The van der Waals surface area contributed by atoms with Gasteiger partial charge >= 0.3 is 0 Å². The van der Waals surface area contributed by atoms with Gasteiger partial charge in [-0.15, -0.1) is 0 Å². The van der Waals surface area contributed by atoms with Crippen molar-refractivity contribution in [1.29, 1.82) is 0 Å². The molecule has 0 fully saturated rings. The molecule has 0 atom stereocenters. The first-order valence-electron chi connectivity index (χ1n) is 9.56.